The van der Waals surface area contributed by atoms with Crippen LogP contribution in [0.2, 0.25) is 0 Å². The Morgan fingerprint density at radius 1 is 1.44 bits per heavy atom. The number of halogens is 2. The van der Waals surface area contributed by atoms with Gasteiger partial charge in [-0.15, -0.1) is 0 Å². The summed E-state index contributed by atoms with van der Waals surface area (Å²) in [6.07, 6.45) is -0.0628. The summed E-state index contributed by atoms with van der Waals surface area (Å²) < 4.78 is 51.3. The van der Waals surface area contributed by atoms with E-state index in [1.807, 2.05) is 4.72 Å². The van der Waals surface area contributed by atoms with Crippen LogP contribution in [0.4, 0.5) is 8.78 Å². The van der Waals surface area contributed by atoms with Crippen molar-refractivity contribution in [2.45, 2.75) is 11.3 Å². The predicted octanol–water partition coefficient (Wildman–Crippen LogP) is 0.380. The van der Waals surface area contributed by atoms with Crippen molar-refractivity contribution in [3.63, 3.8) is 0 Å². The first-order valence-corrected chi connectivity index (χ1v) is 6.26. The molecule has 18 heavy (non-hydrogen) atoms. The molecule has 0 aromatic heterocycles. The molecule has 0 radical (unpaired) electrons. The fourth-order valence-corrected chi connectivity index (χ4v) is 2.24. The maximum atomic E-state index is 13.2. The Labute approximate surface area is 102 Å². The van der Waals surface area contributed by atoms with Crippen molar-refractivity contribution in [2.24, 2.45) is 10.9 Å². The smallest absolute Gasteiger partial charge is 0.243 e. The number of nitrogens with one attached hydrogen (secondary N) is 1. The number of benzene rings is 1. The number of oxime groups is 1. The third-order valence-corrected chi connectivity index (χ3v) is 3.46. The van der Waals surface area contributed by atoms with E-state index >= 15 is 0 Å². The molecule has 6 nitrogen and oxygen atoms in total. The van der Waals surface area contributed by atoms with E-state index in [9.17, 15) is 17.2 Å². The molecule has 0 bridgehead atoms. The summed E-state index contributed by atoms with van der Waals surface area (Å²) in [4.78, 5) is -0.790. The van der Waals surface area contributed by atoms with E-state index in [0.29, 0.717) is 12.1 Å². The second-order valence-corrected chi connectivity index (χ2v) is 5.05. The molecule has 0 amide bonds. The van der Waals surface area contributed by atoms with Gasteiger partial charge in [0.25, 0.3) is 0 Å². The Bertz CT molecular complexity index is 560. The quantitative estimate of drug-likeness (QED) is 0.313. The molecule has 0 saturated heterocycles. The molecule has 4 N–H and O–H groups in total. The van der Waals surface area contributed by atoms with E-state index in [-0.39, 0.29) is 18.8 Å². The van der Waals surface area contributed by atoms with Gasteiger partial charge in [0.15, 0.2) is 0 Å². The van der Waals surface area contributed by atoms with Crippen LogP contribution in [-0.2, 0) is 10.0 Å². The first kappa shape index (κ1) is 14.3. The van der Waals surface area contributed by atoms with Crippen molar-refractivity contribution in [1.29, 1.82) is 0 Å². The first-order chi connectivity index (χ1) is 8.36. The molecule has 0 atom stereocenters. The standard InChI is InChI=1S/C9H11F2N3O3S/c10-6-1-2-7(11)8(5-6)18(16,17)13-4-3-9(12)14-15/h1-2,5,13,15H,3-4H2,(H2,12,14). The van der Waals surface area contributed by atoms with Gasteiger partial charge in [0.05, 0.1) is 0 Å². The van der Waals surface area contributed by atoms with Gasteiger partial charge in [-0.2, -0.15) is 0 Å². The third-order valence-electron chi connectivity index (χ3n) is 1.98. The van der Waals surface area contributed by atoms with E-state index in [0.717, 1.165) is 6.07 Å². The van der Waals surface area contributed by atoms with Gasteiger partial charge in [-0.1, -0.05) is 5.16 Å². The van der Waals surface area contributed by atoms with Gasteiger partial charge in [0.2, 0.25) is 10.0 Å². The molecule has 0 aliphatic rings. The fourth-order valence-electron chi connectivity index (χ4n) is 1.12. The van der Waals surface area contributed by atoms with E-state index in [2.05, 4.69) is 5.16 Å². The average Bonchev–Trinajstić information content (AvgIpc) is 2.31. The molecule has 0 aliphatic heterocycles. The van der Waals surface area contributed by atoms with Crippen LogP contribution in [0, 0.1) is 11.6 Å². The largest absolute Gasteiger partial charge is 0.409 e. The lowest BCUT2D eigenvalue weighted by Crippen LogP contribution is -2.28. The minimum absolute atomic E-state index is 0.0628. The van der Waals surface area contributed by atoms with Crippen LogP contribution in [0.15, 0.2) is 28.3 Å². The number of hydrogen-bond acceptors (Lipinski definition) is 4. The highest BCUT2D eigenvalue weighted by Gasteiger charge is 2.19. The molecule has 9 heteroatoms. The van der Waals surface area contributed by atoms with Crippen molar-refractivity contribution in [3.05, 3.63) is 29.8 Å². The number of hydrogen-bond donors (Lipinski definition) is 3. The Morgan fingerprint density at radius 2 is 2.11 bits per heavy atom. The zero-order valence-electron chi connectivity index (χ0n) is 9.10. The predicted molar refractivity (Wildman–Crippen MR) is 59.6 cm³/mol. The van der Waals surface area contributed by atoms with Crippen LogP contribution < -0.4 is 10.5 Å². The zero-order valence-corrected chi connectivity index (χ0v) is 9.92. The maximum Gasteiger partial charge on any atom is 0.243 e. The number of sulfonamides is 1. The molecule has 0 saturated carbocycles. The van der Waals surface area contributed by atoms with Crippen molar-refractivity contribution in [2.75, 3.05) is 6.54 Å². The summed E-state index contributed by atoms with van der Waals surface area (Å²) >= 11 is 0. The number of amidine groups is 1. The van der Waals surface area contributed by atoms with Gasteiger partial charge in [0.1, 0.15) is 22.4 Å². The highest BCUT2D eigenvalue weighted by molar-refractivity contribution is 7.89. The summed E-state index contributed by atoms with van der Waals surface area (Å²) in [5.41, 5.74) is 5.13. The molecule has 1 aromatic carbocycles. The fraction of sp³-hybridized carbons (Fsp3) is 0.222. The second kappa shape index (κ2) is 5.74. The van der Waals surface area contributed by atoms with Gasteiger partial charge >= 0.3 is 0 Å². The van der Waals surface area contributed by atoms with E-state index < -0.39 is 26.6 Å². The van der Waals surface area contributed by atoms with E-state index in [1.165, 1.54) is 0 Å². The lowest BCUT2D eigenvalue weighted by Gasteiger charge is -2.07. The minimum Gasteiger partial charge on any atom is -0.409 e. The monoisotopic (exact) mass is 279 g/mol. The third kappa shape index (κ3) is 3.64. The van der Waals surface area contributed by atoms with Crippen LogP contribution in [0.25, 0.3) is 0 Å². The van der Waals surface area contributed by atoms with E-state index in [4.69, 9.17) is 10.9 Å². The molecular formula is C9H11F2N3O3S. The van der Waals surface area contributed by atoms with Crippen LogP contribution in [-0.4, -0.2) is 26.0 Å². The highest BCUT2D eigenvalue weighted by atomic mass is 32.2. The van der Waals surface area contributed by atoms with Gasteiger partial charge < -0.3 is 10.9 Å². The topological polar surface area (TPSA) is 105 Å². The molecule has 0 fully saturated rings. The molecule has 100 valence electrons. The first-order valence-electron chi connectivity index (χ1n) is 4.78. The Balaban J connectivity index is 2.84. The van der Waals surface area contributed by atoms with Crippen molar-refractivity contribution in [3.8, 4) is 0 Å². The molecular weight excluding hydrogens is 268 g/mol. The maximum absolute atomic E-state index is 13.2. The van der Waals surface area contributed by atoms with Gasteiger partial charge in [-0.05, 0) is 18.2 Å². The van der Waals surface area contributed by atoms with Crippen molar-refractivity contribution in [1.82, 2.24) is 4.72 Å². The van der Waals surface area contributed by atoms with Gasteiger partial charge in [-0.25, -0.2) is 21.9 Å². The van der Waals surface area contributed by atoms with Crippen molar-refractivity contribution >= 4 is 15.9 Å². The number of nitrogens with two attached hydrogens (primary N) is 1. The van der Waals surface area contributed by atoms with Crippen LogP contribution in [0.5, 0.6) is 0 Å². The number of nitrogens with zero attached hydrogens (tertiary/aromatic N) is 1. The summed E-state index contributed by atoms with van der Waals surface area (Å²) in [5.74, 6) is -2.11. The summed E-state index contributed by atoms with van der Waals surface area (Å²) in [6, 6.07) is 2.10. The SMILES string of the molecule is NC(CCNS(=O)(=O)c1cc(F)ccc1F)=NO. The summed E-state index contributed by atoms with van der Waals surface area (Å²) in [7, 11) is -4.17. The number of rotatable bonds is 5. The lowest BCUT2D eigenvalue weighted by molar-refractivity contribution is 0.317. The van der Waals surface area contributed by atoms with Gasteiger partial charge in [0, 0.05) is 13.0 Å². The second-order valence-electron chi connectivity index (χ2n) is 3.31. The molecule has 0 unspecified atom stereocenters. The zero-order chi connectivity index (χ0) is 13.8. The Kier molecular flexibility index (Phi) is 4.56. The van der Waals surface area contributed by atoms with Crippen LogP contribution >= 0.6 is 0 Å². The molecule has 0 heterocycles. The lowest BCUT2D eigenvalue weighted by atomic mass is 10.3. The molecule has 0 aliphatic carbocycles. The van der Waals surface area contributed by atoms with Gasteiger partial charge in [-0.3, -0.25) is 0 Å². The summed E-state index contributed by atoms with van der Waals surface area (Å²) in [6.45, 7) is -0.200. The summed E-state index contributed by atoms with van der Waals surface area (Å²) in [5, 5.41) is 10.9. The van der Waals surface area contributed by atoms with E-state index in [1.54, 1.807) is 0 Å². The molecule has 1 aromatic rings. The molecule has 0 spiro atoms. The average molecular weight is 279 g/mol. The Morgan fingerprint density at radius 3 is 2.72 bits per heavy atom. The highest BCUT2D eigenvalue weighted by Crippen LogP contribution is 2.15. The Hall–Kier alpha value is -1.74. The van der Waals surface area contributed by atoms with Crippen LogP contribution in [0.3, 0.4) is 0 Å². The van der Waals surface area contributed by atoms with Crippen molar-refractivity contribution < 1.29 is 22.4 Å². The minimum atomic E-state index is -4.17. The van der Waals surface area contributed by atoms with Crippen LogP contribution in [0.1, 0.15) is 6.42 Å². The molecule has 1 rings (SSSR count). The normalized spacial score (nSPS) is 12.7.